The van der Waals surface area contributed by atoms with E-state index < -0.39 is 0 Å². The van der Waals surface area contributed by atoms with Crippen molar-refractivity contribution in [2.24, 2.45) is 5.41 Å². The molecule has 1 heterocycles. The van der Waals surface area contributed by atoms with Crippen LogP contribution < -0.4 is 5.32 Å². The minimum atomic E-state index is -0.344. The molecular formula is C13H16FNO. The first-order chi connectivity index (χ1) is 7.62. The van der Waals surface area contributed by atoms with E-state index in [-0.39, 0.29) is 17.0 Å². The number of ketones is 1. The fourth-order valence-electron chi connectivity index (χ4n) is 2.18. The molecule has 1 saturated heterocycles. The monoisotopic (exact) mass is 221 g/mol. The summed E-state index contributed by atoms with van der Waals surface area (Å²) in [5, 5.41) is 3.23. The number of piperidine rings is 1. The van der Waals surface area contributed by atoms with Crippen molar-refractivity contribution in [3.8, 4) is 0 Å². The molecule has 2 nitrogen and oxygen atoms in total. The number of nitrogens with one attached hydrogen (secondary N) is 1. The summed E-state index contributed by atoms with van der Waals surface area (Å²) in [6, 6.07) is 5.98. The number of benzene rings is 1. The molecule has 0 aliphatic carbocycles. The molecule has 0 bridgehead atoms. The molecule has 1 fully saturated rings. The van der Waals surface area contributed by atoms with Crippen LogP contribution in [-0.2, 0) is 0 Å². The van der Waals surface area contributed by atoms with Crippen LogP contribution in [0.2, 0.25) is 0 Å². The first kappa shape index (κ1) is 11.3. The zero-order chi connectivity index (χ0) is 11.6. The molecule has 0 amide bonds. The predicted molar refractivity (Wildman–Crippen MR) is 60.9 cm³/mol. The maximum atomic E-state index is 13.1. The number of rotatable bonds is 2. The molecule has 16 heavy (non-hydrogen) atoms. The quantitative estimate of drug-likeness (QED) is 0.777. The molecule has 0 atom stereocenters. The second-order valence-electron chi connectivity index (χ2n) is 4.65. The van der Waals surface area contributed by atoms with E-state index in [1.165, 1.54) is 12.1 Å². The van der Waals surface area contributed by atoms with Crippen molar-refractivity contribution in [2.45, 2.75) is 19.8 Å². The topological polar surface area (TPSA) is 29.1 Å². The summed E-state index contributed by atoms with van der Waals surface area (Å²) >= 11 is 0. The molecule has 86 valence electrons. The molecule has 0 saturated carbocycles. The van der Waals surface area contributed by atoms with E-state index in [0.717, 1.165) is 25.9 Å². The van der Waals surface area contributed by atoms with Gasteiger partial charge in [-0.25, -0.2) is 4.39 Å². The van der Waals surface area contributed by atoms with Crippen LogP contribution in [0.5, 0.6) is 0 Å². The zero-order valence-corrected chi connectivity index (χ0v) is 9.42. The fraction of sp³-hybridized carbons (Fsp3) is 0.462. The lowest BCUT2D eigenvalue weighted by Crippen LogP contribution is -2.40. The SMILES string of the molecule is CC1(C(=O)c2cccc(F)c2)CCNCC1. The van der Waals surface area contributed by atoms with Crippen molar-refractivity contribution in [3.63, 3.8) is 0 Å². The highest BCUT2D eigenvalue weighted by Crippen LogP contribution is 2.32. The van der Waals surface area contributed by atoms with E-state index in [9.17, 15) is 9.18 Å². The van der Waals surface area contributed by atoms with Gasteiger partial charge in [0.15, 0.2) is 5.78 Å². The summed E-state index contributed by atoms with van der Waals surface area (Å²) in [7, 11) is 0. The Labute approximate surface area is 94.9 Å². The molecule has 0 radical (unpaired) electrons. The normalized spacial score (nSPS) is 19.4. The van der Waals surface area contributed by atoms with Crippen LogP contribution >= 0.6 is 0 Å². The molecule has 1 aliphatic heterocycles. The fourth-order valence-corrected chi connectivity index (χ4v) is 2.18. The zero-order valence-electron chi connectivity index (χ0n) is 9.42. The Morgan fingerprint density at radius 1 is 1.38 bits per heavy atom. The van der Waals surface area contributed by atoms with Crippen molar-refractivity contribution in [2.75, 3.05) is 13.1 Å². The highest BCUT2D eigenvalue weighted by Gasteiger charge is 2.34. The van der Waals surface area contributed by atoms with E-state index in [1.807, 2.05) is 6.92 Å². The first-order valence-corrected chi connectivity index (χ1v) is 5.63. The molecule has 2 rings (SSSR count). The third kappa shape index (κ3) is 2.14. The summed E-state index contributed by atoms with van der Waals surface area (Å²) in [6.45, 7) is 3.69. The van der Waals surface area contributed by atoms with Gasteiger partial charge in [-0.1, -0.05) is 19.1 Å². The largest absolute Gasteiger partial charge is 0.317 e. The molecule has 0 unspecified atom stereocenters. The standard InChI is InChI=1S/C13H16FNO/c1-13(5-7-15-8-6-13)12(16)10-3-2-4-11(14)9-10/h2-4,9,15H,5-8H2,1H3. The lowest BCUT2D eigenvalue weighted by atomic mass is 9.75. The van der Waals surface area contributed by atoms with E-state index in [1.54, 1.807) is 12.1 Å². The van der Waals surface area contributed by atoms with E-state index in [2.05, 4.69) is 5.32 Å². The predicted octanol–water partition coefficient (Wildman–Crippen LogP) is 2.40. The van der Waals surface area contributed by atoms with E-state index >= 15 is 0 Å². The number of carbonyl (C=O) groups is 1. The van der Waals surface area contributed by atoms with Crippen LogP contribution in [0.15, 0.2) is 24.3 Å². The van der Waals surface area contributed by atoms with Crippen LogP contribution in [0.3, 0.4) is 0 Å². The van der Waals surface area contributed by atoms with Crippen LogP contribution in [0, 0.1) is 11.2 Å². The highest BCUT2D eigenvalue weighted by atomic mass is 19.1. The summed E-state index contributed by atoms with van der Waals surface area (Å²) < 4.78 is 13.1. The second kappa shape index (κ2) is 4.34. The Morgan fingerprint density at radius 2 is 2.06 bits per heavy atom. The van der Waals surface area contributed by atoms with Gasteiger partial charge in [0, 0.05) is 11.0 Å². The van der Waals surface area contributed by atoms with Gasteiger partial charge in [0.2, 0.25) is 0 Å². The number of halogens is 1. The van der Waals surface area contributed by atoms with Crippen molar-refractivity contribution >= 4 is 5.78 Å². The van der Waals surface area contributed by atoms with Gasteiger partial charge in [-0.3, -0.25) is 4.79 Å². The van der Waals surface area contributed by atoms with Crippen molar-refractivity contribution in [1.82, 2.24) is 5.32 Å². The van der Waals surface area contributed by atoms with Gasteiger partial charge >= 0.3 is 0 Å². The Morgan fingerprint density at radius 3 is 2.69 bits per heavy atom. The summed E-state index contributed by atoms with van der Waals surface area (Å²) in [5.74, 6) is -0.281. The minimum Gasteiger partial charge on any atom is -0.317 e. The lowest BCUT2D eigenvalue weighted by molar-refractivity contribution is 0.0762. The molecular weight excluding hydrogens is 205 g/mol. The molecule has 3 heteroatoms. The number of hydrogen-bond donors (Lipinski definition) is 1. The molecule has 1 aromatic rings. The molecule has 1 aromatic carbocycles. The van der Waals surface area contributed by atoms with Gasteiger partial charge in [-0.05, 0) is 38.1 Å². The highest BCUT2D eigenvalue weighted by molar-refractivity contribution is 6.00. The molecule has 0 aromatic heterocycles. The van der Waals surface area contributed by atoms with Crippen molar-refractivity contribution in [3.05, 3.63) is 35.6 Å². The average molecular weight is 221 g/mol. The Balaban J connectivity index is 2.24. The van der Waals surface area contributed by atoms with Gasteiger partial charge in [0.1, 0.15) is 5.82 Å². The first-order valence-electron chi connectivity index (χ1n) is 5.63. The van der Waals surface area contributed by atoms with E-state index in [4.69, 9.17) is 0 Å². The third-order valence-electron chi connectivity index (χ3n) is 3.34. The smallest absolute Gasteiger partial charge is 0.168 e. The molecule has 1 N–H and O–H groups in total. The summed E-state index contributed by atoms with van der Waals surface area (Å²) in [5.41, 5.74) is 0.156. The third-order valence-corrected chi connectivity index (χ3v) is 3.34. The van der Waals surface area contributed by atoms with Crippen LogP contribution in [0.1, 0.15) is 30.1 Å². The maximum absolute atomic E-state index is 13.1. The van der Waals surface area contributed by atoms with Gasteiger partial charge in [0.05, 0.1) is 0 Å². The summed E-state index contributed by atoms with van der Waals surface area (Å²) in [6.07, 6.45) is 1.64. The molecule has 0 spiro atoms. The van der Waals surface area contributed by atoms with E-state index in [0.29, 0.717) is 5.56 Å². The average Bonchev–Trinajstić information content (AvgIpc) is 2.29. The van der Waals surface area contributed by atoms with Crippen molar-refractivity contribution < 1.29 is 9.18 Å². The van der Waals surface area contributed by atoms with Gasteiger partial charge in [-0.15, -0.1) is 0 Å². The van der Waals surface area contributed by atoms with Gasteiger partial charge < -0.3 is 5.32 Å². The minimum absolute atomic E-state index is 0.0634. The van der Waals surface area contributed by atoms with Crippen molar-refractivity contribution in [1.29, 1.82) is 0 Å². The Kier molecular flexibility index (Phi) is 3.06. The molecule has 1 aliphatic rings. The van der Waals surface area contributed by atoms with Gasteiger partial charge in [-0.2, -0.15) is 0 Å². The number of hydrogen-bond acceptors (Lipinski definition) is 2. The van der Waals surface area contributed by atoms with Crippen LogP contribution in [0.4, 0.5) is 4.39 Å². The van der Waals surface area contributed by atoms with Gasteiger partial charge in [0.25, 0.3) is 0 Å². The Bertz CT molecular complexity index is 397. The summed E-state index contributed by atoms with van der Waals surface area (Å²) in [4.78, 5) is 12.3. The maximum Gasteiger partial charge on any atom is 0.168 e. The Hall–Kier alpha value is -1.22. The second-order valence-corrected chi connectivity index (χ2v) is 4.65. The lowest BCUT2D eigenvalue weighted by Gasteiger charge is -2.32. The number of carbonyl (C=O) groups excluding carboxylic acids is 1. The number of Topliss-reactive ketones (excluding diaryl/α,β-unsaturated/α-hetero) is 1. The van der Waals surface area contributed by atoms with Crippen LogP contribution in [0.25, 0.3) is 0 Å². The van der Waals surface area contributed by atoms with Crippen LogP contribution in [-0.4, -0.2) is 18.9 Å².